The van der Waals surface area contributed by atoms with Gasteiger partial charge in [0.05, 0.1) is 22.4 Å². The number of carboxylic acid groups (broad SMARTS) is 1. The molecule has 188 valence electrons. The highest BCUT2D eigenvalue weighted by molar-refractivity contribution is 8.02. The Morgan fingerprint density at radius 1 is 1.34 bits per heavy atom. The van der Waals surface area contributed by atoms with Crippen LogP contribution >= 0.6 is 46.6 Å². The van der Waals surface area contributed by atoms with Crippen molar-refractivity contribution in [3.05, 3.63) is 17.5 Å². The van der Waals surface area contributed by atoms with Gasteiger partial charge in [-0.3, -0.25) is 19.2 Å². The minimum absolute atomic E-state index is 0.0169. The molecule has 2 aromatic heterocycles. The number of thiazole rings is 1. The second-order valence-corrected chi connectivity index (χ2v) is 13.3. The number of β-lactam (4-membered cyclic amide) rings is 1. The molecule has 2 aliphatic heterocycles. The number of rotatable bonds is 10. The van der Waals surface area contributed by atoms with Crippen LogP contribution in [0.25, 0.3) is 0 Å². The molecule has 0 bridgehead atoms. The molecule has 3 N–H and O–H groups in total. The lowest BCUT2D eigenvalue weighted by Gasteiger charge is -2.49. The molecule has 2 atom stereocenters. The average Bonchev–Trinajstić information content (AvgIpc) is 3.40. The van der Waals surface area contributed by atoms with Crippen molar-refractivity contribution in [2.24, 2.45) is 7.05 Å². The number of aryl methyl sites for hydroxylation is 1. The second-order valence-electron chi connectivity index (χ2n) is 7.23. The molecule has 0 radical (unpaired) electrons. The maximum absolute atomic E-state index is 12.8. The number of hydrogen-bond donors (Lipinski definition) is 3. The Kier molecular flexibility index (Phi) is 7.60. The predicted molar refractivity (Wildman–Crippen MR) is 131 cm³/mol. The van der Waals surface area contributed by atoms with Gasteiger partial charge < -0.3 is 10.4 Å². The van der Waals surface area contributed by atoms with Crippen LogP contribution in [0.1, 0.15) is 0 Å². The van der Waals surface area contributed by atoms with Crippen LogP contribution in [0.3, 0.4) is 0 Å². The Hall–Kier alpha value is -2.35. The number of fused-ring (bicyclic) bond motifs is 1. The van der Waals surface area contributed by atoms with Crippen molar-refractivity contribution in [1.29, 1.82) is 0 Å². The Bertz CT molecular complexity index is 1310. The lowest BCUT2D eigenvalue weighted by atomic mass is 10.0. The molecule has 1 unspecified atom stereocenters. The van der Waals surface area contributed by atoms with Crippen LogP contribution in [0, 0.1) is 0 Å². The van der Waals surface area contributed by atoms with Crippen LogP contribution < -0.4 is 10.0 Å². The number of sulfonamides is 1. The molecule has 4 rings (SSSR count). The molecule has 14 nitrogen and oxygen atoms in total. The van der Waals surface area contributed by atoms with Gasteiger partial charge in [0, 0.05) is 18.6 Å². The Balaban J connectivity index is 1.34. The average molecular weight is 579 g/mol. The SMILES string of the molecule is Cn1nnnc1SCC1=C(C(=O)O)N2C(=O)C(NC(=O)CSc3cnc(NS(C)(=O)=O)s3)[C@@H]2SC1. The summed E-state index contributed by atoms with van der Waals surface area (Å²) in [7, 11) is -1.78. The first kappa shape index (κ1) is 25.7. The summed E-state index contributed by atoms with van der Waals surface area (Å²) in [6, 6.07) is -0.830. The zero-order valence-electron chi connectivity index (χ0n) is 18.1. The maximum Gasteiger partial charge on any atom is 0.352 e. The molecular formula is C16H18N8O6S5. The Morgan fingerprint density at radius 3 is 2.77 bits per heavy atom. The standard InChI is InChI=1S/C16H18N8O6S5/c1-23-16(19-21-22-23)33-5-7-4-32-13-10(12(26)24(13)11(7)14(27)28)18-8(25)6-31-9-3-17-15(34-9)20-35(2,29)30/h3,10,13H,4-6H2,1-2H3,(H,17,20)(H,18,25)(H,27,28)/t10?,13-/m0/s1. The van der Waals surface area contributed by atoms with Gasteiger partial charge in [-0.25, -0.2) is 22.9 Å². The van der Waals surface area contributed by atoms with Gasteiger partial charge in [0.2, 0.25) is 21.1 Å². The summed E-state index contributed by atoms with van der Waals surface area (Å²) >= 11 is 4.88. The molecule has 2 aromatic rings. The number of aromatic nitrogens is 5. The molecule has 19 heteroatoms. The van der Waals surface area contributed by atoms with Gasteiger partial charge in [0.1, 0.15) is 17.1 Å². The molecule has 0 aromatic carbocycles. The first-order valence-electron chi connectivity index (χ1n) is 9.64. The third-order valence-electron chi connectivity index (χ3n) is 4.63. The summed E-state index contributed by atoms with van der Waals surface area (Å²) in [6.45, 7) is 0. The quantitative estimate of drug-likeness (QED) is 0.245. The van der Waals surface area contributed by atoms with Crippen LogP contribution in [0.15, 0.2) is 26.8 Å². The van der Waals surface area contributed by atoms with E-state index < -0.39 is 39.2 Å². The van der Waals surface area contributed by atoms with Gasteiger partial charge >= 0.3 is 5.97 Å². The summed E-state index contributed by atoms with van der Waals surface area (Å²) in [5.74, 6) is -1.43. The van der Waals surface area contributed by atoms with Gasteiger partial charge in [0.15, 0.2) is 5.13 Å². The number of hydrogen-bond acceptors (Lipinski definition) is 13. The predicted octanol–water partition coefficient (Wildman–Crippen LogP) is -0.339. The minimum atomic E-state index is -3.45. The second kappa shape index (κ2) is 10.3. The van der Waals surface area contributed by atoms with Crippen LogP contribution in [0.5, 0.6) is 0 Å². The van der Waals surface area contributed by atoms with Gasteiger partial charge in [-0.1, -0.05) is 23.1 Å². The van der Waals surface area contributed by atoms with E-state index in [2.05, 4.69) is 30.5 Å². The molecular weight excluding hydrogens is 561 g/mol. The van der Waals surface area contributed by atoms with Crippen LogP contribution in [0.2, 0.25) is 0 Å². The lowest BCUT2D eigenvalue weighted by molar-refractivity contribution is -0.150. The molecule has 35 heavy (non-hydrogen) atoms. The fourth-order valence-corrected chi connectivity index (χ4v) is 8.03. The highest BCUT2D eigenvalue weighted by atomic mass is 32.2. The number of aliphatic carboxylic acids is 1. The summed E-state index contributed by atoms with van der Waals surface area (Å²) in [5, 5.41) is 23.8. The van der Waals surface area contributed by atoms with Crippen molar-refractivity contribution in [2.45, 2.75) is 20.8 Å². The van der Waals surface area contributed by atoms with Crippen molar-refractivity contribution in [2.75, 3.05) is 28.2 Å². The molecule has 0 saturated carbocycles. The van der Waals surface area contributed by atoms with E-state index in [0.717, 1.165) is 29.4 Å². The lowest BCUT2D eigenvalue weighted by Crippen LogP contribution is -2.70. The highest BCUT2D eigenvalue weighted by Gasteiger charge is 2.54. The third kappa shape index (κ3) is 5.90. The Morgan fingerprint density at radius 2 is 2.11 bits per heavy atom. The summed E-state index contributed by atoms with van der Waals surface area (Å²) < 4.78 is 26.9. The summed E-state index contributed by atoms with van der Waals surface area (Å²) in [4.78, 5) is 42.3. The van der Waals surface area contributed by atoms with Crippen molar-refractivity contribution in [1.82, 2.24) is 35.4 Å². The van der Waals surface area contributed by atoms with E-state index in [0.29, 0.717) is 26.4 Å². The van der Waals surface area contributed by atoms with Gasteiger partial charge in [0.25, 0.3) is 5.91 Å². The number of nitrogens with one attached hydrogen (secondary N) is 2. The highest BCUT2D eigenvalue weighted by Crippen LogP contribution is 2.41. The van der Waals surface area contributed by atoms with Crippen LogP contribution in [-0.2, 0) is 31.5 Å². The molecule has 1 saturated heterocycles. The number of amides is 2. The van der Waals surface area contributed by atoms with E-state index in [9.17, 15) is 27.9 Å². The van der Waals surface area contributed by atoms with Gasteiger partial charge in [-0.05, 0) is 16.0 Å². The van der Waals surface area contributed by atoms with Crippen molar-refractivity contribution >= 4 is 79.6 Å². The summed E-state index contributed by atoms with van der Waals surface area (Å²) in [6.07, 6.45) is 2.46. The van der Waals surface area contributed by atoms with E-state index in [1.54, 1.807) is 7.05 Å². The van der Waals surface area contributed by atoms with Crippen molar-refractivity contribution in [3.63, 3.8) is 0 Å². The molecule has 0 spiro atoms. The number of carboxylic acids is 1. The third-order valence-corrected chi connectivity index (χ3v) is 9.86. The number of nitrogens with zero attached hydrogens (tertiary/aromatic N) is 6. The molecule has 2 aliphatic rings. The smallest absolute Gasteiger partial charge is 0.352 e. The van der Waals surface area contributed by atoms with E-state index in [1.165, 1.54) is 39.3 Å². The topological polar surface area (TPSA) is 189 Å². The molecule has 2 amide bonds. The van der Waals surface area contributed by atoms with Gasteiger partial charge in [-0.2, -0.15) is 0 Å². The van der Waals surface area contributed by atoms with E-state index in [4.69, 9.17) is 0 Å². The maximum atomic E-state index is 12.8. The van der Waals surface area contributed by atoms with Crippen molar-refractivity contribution < 1.29 is 27.9 Å². The molecule has 0 aliphatic carbocycles. The first-order chi connectivity index (χ1) is 16.5. The van der Waals surface area contributed by atoms with E-state index >= 15 is 0 Å². The fourth-order valence-electron chi connectivity index (χ4n) is 3.17. The van der Waals surface area contributed by atoms with Crippen molar-refractivity contribution in [3.8, 4) is 0 Å². The summed E-state index contributed by atoms with van der Waals surface area (Å²) in [5.41, 5.74) is 0.501. The number of tetrazole rings is 1. The number of carbonyl (C=O) groups excluding carboxylic acids is 2. The number of anilines is 1. The first-order valence-corrected chi connectivity index (χ1v) is 15.4. The Labute approximate surface area is 215 Å². The van der Waals surface area contributed by atoms with Gasteiger partial charge in [-0.15, -0.1) is 28.6 Å². The fraction of sp³-hybridized carbons (Fsp3) is 0.438. The number of carbonyl (C=O) groups is 3. The normalized spacial score (nSPS) is 19.8. The molecule has 4 heterocycles. The monoisotopic (exact) mass is 578 g/mol. The largest absolute Gasteiger partial charge is 0.477 e. The van der Waals surface area contributed by atoms with Crippen LogP contribution in [-0.4, -0.2) is 96.3 Å². The zero-order chi connectivity index (χ0) is 25.3. The van der Waals surface area contributed by atoms with E-state index in [1.807, 2.05) is 0 Å². The van der Waals surface area contributed by atoms with Crippen LogP contribution in [0.4, 0.5) is 5.13 Å². The number of thioether (sulfide) groups is 3. The van der Waals surface area contributed by atoms with E-state index in [-0.39, 0.29) is 16.6 Å². The molecule has 1 fully saturated rings. The minimum Gasteiger partial charge on any atom is -0.477 e. The zero-order valence-corrected chi connectivity index (χ0v) is 22.1.